The van der Waals surface area contributed by atoms with Gasteiger partial charge in [-0.1, -0.05) is 37.6 Å². The molecule has 0 aliphatic carbocycles. The highest BCUT2D eigenvalue weighted by Gasteiger charge is 2.11. The van der Waals surface area contributed by atoms with Crippen molar-refractivity contribution in [1.82, 2.24) is 0 Å². The minimum Gasteiger partial charge on any atom is -0.282 e. The molecule has 1 N–H and O–H groups in total. The molecule has 2 aromatic rings. The Morgan fingerprint density at radius 2 is 1.94 bits per heavy atom. The molecule has 0 aromatic heterocycles. The lowest BCUT2D eigenvalue weighted by atomic mass is 10.0. The SMILES string of the molecule is CCCCc1cccc2ccc(S(=O)(=O)O)cc12. The first-order chi connectivity index (χ1) is 8.52. The van der Waals surface area contributed by atoms with Crippen LogP contribution in [0.3, 0.4) is 0 Å². The Labute approximate surface area is 107 Å². The van der Waals surface area contributed by atoms with Gasteiger partial charge in [-0.05, 0) is 41.3 Å². The molecule has 0 saturated heterocycles. The lowest BCUT2D eigenvalue weighted by Gasteiger charge is -2.07. The van der Waals surface area contributed by atoms with Gasteiger partial charge in [0.1, 0.15) is 0 Å². The smallest absolute Gasteiger partial charge is 0.282 e. The molecule has 96 valence electrons. The van der Waals surface area contributed by atoms with Crippen molar-refractivity contribution in [3.63, 3.8) is 0 Å². The number of hydrogen-bond donors (Lipinski definition) is 1. The fourth-order valence-electron chi connectivity index (χ4n) is 2.06. The van der Waals surface area contributed by atoms with Crippen LogP contribution in [0.5, 0.6) is 0 Å². The van der Waals surface area contributed by atoms with Crippen molar-refractivity contribution in [1.29, 1.82) is 0 Å². The third kappa shape index (κ3) is 2.71. The molecule has 0 spiro atoms. The van der Waals surface area contributed by atoms with Gasteiger partial charge in [0, 0.05) is 0 Å². The average molecular weight is 264 g/mol. The van der Waals surface area contributed by atoms with E-state index in [1.165, 1.54) is 6.07 Å². The highest BCUT2D eigenvalue weighted by Crippen LogP contribution is 2.23. The second kappa shape index (κ2) is 5.08. The maximum Gasteiger partial charge on any atom is 0.294 e. The fraction of sp³-hybridized carbons (Fsp3) is 0.286. The molecule has 0 heterocycles. The van der Waals surface area contributed by atoms with Crippen LogP contribution in [0, 0.1) is 0 Å². The summed E-state index contributed by atoms with van der Waals surface area (Å²) in [5.74, 6) is 0. The highest BCUT2D eigenvalue weighted by atomic mass is 32.2. The Bertz CT molecular complexity index is 660. The van der Waals surface area contributed by atoms with E-state index < -0.39 is 10.1 Å². The van der Waals surface area contributed by atoms with Gasteiger partial charge in [0.2, 0.25) is 0 Å². The topological polar surface area (TPSA) is 54.4 Å². The molecular weight excluding hydrogens is 248 g/mol. The van der Waals surface area contributed by atoms with Crippen LogP contribution in [0.2, 0.25) is 0 Å². The molecular formula is C14H16O3S. The summed E-state index contributed by atoms with van der Waals surface area (Å²) in [5.41, 5.74) is 1.12. The van der Waals surface area contributed by atoms with Gasteiger partial charge in [-0.3, -0.25) is 4.55 Å². The molecule has 4 heteroatoms. The van der Waals surface area contributed by atoms with E-state index in [9.17, 15) is 8.42 Å². The molecule has 0 radical (unpaired) electrons. The van der Waals surface area contributed by atoms with Crippen molar-refractivity contribution in [3.05, 3.63) is 42.0 Å². The first kappa shape index (κ1) is 13.1. The molecule has 2 aromatic carbocycles. The summed E-state index contributed by atoms with van der Waals surface area (Å²) in [6.07, 6.45) is 3.08. The van der Waals surface area contributed by atoms with Crippen LogP contribution in [0.1, 0.15) is 25.3 Å². The van der Waals surface area contributed by atoms with E-state index in [0.717, 1.165) is 35.6 Å². The number of aryl methyl sites for hydroxylation is 1. The summed E-state index contributed by atoms with van der Waals surface area (Å²) in [6, 6.07) is 10.6. The van der Waals surface area contributed by atoms with E-state index in [1.54, 1.807) is 12.1 Å². The predicted molar refractivity (Wildman–Crippen MR) is 72.4 cm³/mol. The molecule has 0 atom stereocenters. The van der Waals surface area contributed by atoms with E-state index in [0.29, 0.717) is 0 Å². The summed E-state index contributed by atoms with van der Waals surface area (Å²) >= 11 is 0. The molecule has 0 amide bonds. The quantitative estimate of drug-likeness (QED) is 0.861. The van der Waals surface area contributed by atoms with Crippen molar-refractivity contribution in [2.24, 2.45) is 0 Å². The van der Waals surface area contributed by atoms with Crippen LogP contribution in [-0.2, 0) is 16.5 Å². The van der Waals surface area contributed by atoms with Crippen LogP contribution in [0.15, 0.2) is 41.3 Å². The number of unbranched alkanes of at least 4 members (excludes halogenated alkanes) is 1. The van der Waals surface area contributed by atoms with Crippen molar-refractivity contribution < 1.29 is 13.0 Å². The van der Waals surface area contributed by atoms with Gasteiger partial charge in [0.25, 0.3) is 10.1 Å². The van der Waals surface area contributed by atoms with Gasteiger partial charge in [-0.25, -0.2) is 0 Å². The van der Waals surface area contributed by atoms with Crippen molar-refractivity contribution in [3.8, 4) is 0 Å². The predicted octanol–water partition coefficient (Wildman–Crippen LogP) is 3.43. The second-order valence-electron chi connectivity index (χ2n) is 4.38. The number of fused-ring (bicyclic) bond motifs is 1. The van der Waals surface area contributed by atoms with Gasteiger partial charge in [0.15, 0.2) is 0 Å². The standard InChI is InChI=1S/C14H16O3S/c1-2-3-5-11-6-4-7-12-8-9-13(10-14(11)12)18(15,16)17/h4,6-10H,2-3,5H2,1H3,(H,15,16,17). The zero-order chi connectivity index (χ0) is 13.2. The van der Waals surface area contributed by atoms with Gasteiger partial charge in [0.05, 0.1) is 4.90 Å². The largest absolute Gasteiger partial charge is 0.294 e. The van der Waals surface area contributed by atoms with Crippen molar-refractivity contribution in [2.45, 2.75) is 31.1 Å². The molecule has 18 heavy (non-hydrogen) atoms. The Hall–Kier alpha value is -1.39. The van der Waals surface area contributed by atoms with Crippen LogP contribution < -0.4 is 0 Å². The normalized spacial score (nSPS) is 11.9. The van der Waals surface area contributed by atoms with E-state index in [-0.39, 0.29) is 4.90 Å². The molecule has 0 saturated carbocycles. The number of benzene rings is 2. The van der Waals surface area contributed by atoms with Crippen molar-refractivity contribution in [2.75, 3.05) is 0 Å². The minimum absolute atomic E-state index is 0.0426. The van der Waals surface area contributed by atoms with E-state index >= 15 is 0 Å². The number of rotatable bonds is 4. The highest BCUT2D eigenvalue weighted by molar-refractivity contribution is 7.85. The lowest BCUT2D eigenvalue weighted by molar-refractivity contribution is 0.483. The van der Waals surface area contributed by atoms with Gasteiger partial charge in [-0.2, -0.15) is 8.42 Å². The molecule has 0 aliphatic rings. The first-order valence-corrected chi connectivity index (χ1v) is 7.45. The molecule has 2 rings (SSSR count). The molecule has 0 aliphatic heterocycles. The van der Waals surface area contributed by atoms with Crippen LogP contribution in [0.4, 0.5) is 0 Å². The third-order valence-corrected chi connectivity index (χ3v) is 3.89. The molecule has 3 nitrogen and oxygen atoms in total. The Balaban J connectivity index is 2.58. The zero-order valence-electron chi connectivity index (χ0n) is 10.3. The van der Waals surface area contributed by atoms with Crippen LogP contribution in [0.25, 0.3) is 10.8 Å². The summed E-state index contributed by atoms with van der Waals surface area (Å²) in [5, 5.41) is 1.90. The molecule has 0 bridgehead atoms. The first-order valence-electron chi connectivity index (χ1n) is 6.01. The second-order valence-corrected chi connectivity index (χ2v) is 5.80. The van der Waals surface area contributed by atoms with Crippen LogP contribution >= 0.6 is 0 Å². The maximum absolute atomic E-state index is 11.2. The van der Waals surface area contributed by atoms with Crippen molar-refractivity contribution >= 4 is 20.9 Å². The average Bonchev–Trinajstić information content (AvgIpc) is 2.34. The minimum atomic E-state index is -4.13. The Kier molecular flexibility index (Phi) is 3.68. The van der Waals surface area contributed by atoms with E-state index in [4.69, 9.17) is 4.55 Å². The summed E-state index contributed by atoms with van der Waals surface area (Å²) in [4.78, 5) is -0.0426. The summed E-state index contributed by atoms with van der Waals surface area (Å²) < 4.78 is 31.4. The molecule has 0 unspecified atom stereocenters. The van der Waals surface area contributed by atoms with Gasteiger partial charge in [-0.15, -0.1) is 0 Å². The van der Waals surface area contributed by atoms with E-state index in [2.05, 4.69) is 6.92 Å². The van der Waals surface area contributed by atoms with Gasteiger partial charge < -0.3 is 0 Å². The van der Waals surface area contributed by atoms with Crippen LogP contribution in [-0.4, -0.2) is 13.0 Å². The Morgan fingerprint density at radius 1 is 1.17 bits per heavy atom. The Morgan fingerprint density at radius 3 is 2.61 bits per heavy atom. The third-order valence-electron chi connectivity index (χ3n) is 3.04. The number of hydrogen-bond acceptors (Lipinski definition) is 2. The fourth-order valence-corrected chi connectivity index (χ4v) is 2.57. The summed E-state index contributed by atoms with van der Waals surface area (Å²) in [7, 11) is -4.13. The molecule has 0 fully saturated rings. The van der Waals surface area contributed by atoms with E-state index in [1.807, 2.05) is 18.2 Å². The lowest BCUT2D eigenvalue weighted by Crippen LogP contribution is -1.98. The summed E-state index contributed by atoms with van der Waals surface area (Å²) in [6.45, 7) is 2.12. The maximum atomic E-state index is 11.2. The van der Waals surface area contributed by atoms with Gasteiger partial charge >= 0.3 is 0 Å². The zero-order valence-corrected chi connectivity index (χ0v) is 11.1. The monoisotopic (exact) mass is 264 g/mol.